The number of piperidine rings is 1. The van der Waals surface area contributed by atoms with E-state index in [0.717, 1.165) is 49.1 Å². The summed E-state index contributed by atoms with van der Waals surface area (Å²) in [5.74, 6) is -0.557. The Balaban J connectivity index is 1.37. The SMILES string of the molecule is N#CCN1CCc2nc(N3CCC(Oc4ccc(F)cc4F)CC3)c(C(=C/N)/C=N/C3CCCCO3)nc2C1. The lowest BCUT2D eigenvalue weighted by Crippen LogP contribution is -2.40. The zero-order chi connectivity index (χ0) is 27.2. The highest BCUT2D eigenvalue weighted by Gasteiger charge is 2.28. The Bertz CT molecular complexity index is 1270. The Morgan fingerprint density at radius 1 is 1.18 bits per heavy atom. The predicted octanol–water partition coefficient (Wildman–Crippen LogP) is 3.58. The standard InChI is InChI=1S/C28H33F2N7O2/c29-20-4-5-25(22(30)15-20)39-21-6-11-37(12-7-21)28-27(19(16-32)17-33-26-3-1-2-14-38-26)34-24-18-36(13-9-31)10-8-23(24)35-28/h4-5,15-17,21,26H,1-3,6-8,10-14,18,32H2/b19-16+,33-17+. The van der Waals surface area contributed by atoms with Gasteiger partial charge in [-0.3, -0.25) is 9.89 Å². The lowest BCUT2D eigenvalue weighted by atomic mass is 10.0. The summed E-state index contributed by atoms with van der Waals surface area (Å²) in [5.41, 5.74) is 9.13. The molecule has 3 aliphatic heterocycles. The number of nitriles is 1. The number of ether oxygens (including phenoxy) is 2. The van der Waals surface area contributed by atoms with Gasteiger partial charge in [0.1, 0.15) is 23.8 Å². The summed E-state index contributed by atoms with van der Waals surface area (Å²) >= 11 is 0. The van der Waals surface area contributed by atoms with E-state index >= 15 is 0 Å². The molecule has 1 unspecified atom stereocenters. The summed E-state index contributed by atoms with van der Waals surface area (Å²) in [4.78, 5) is 18.9. The minimum Gasteiger partial charge on any atom is -0.487 e. The molecule has 5 rings (SSSR count). The van der Waals surface area contributed by atoms with Crippen molar-refractivity contribution in [1.82, 2.24) is 14.9 Å². The number of nitrogens with zero attached hydrogens (tertiary/aromatic N) is 6. The molecule has 0 aliphatic carbocycles. The Morgan fingerprint density at radius 2 is 2.03 bits per heavy atom. The number of halogens is 2. The summed E-state index contributed by atoms with van der Waals surface area (Å²) in [7, 11) is 0. The Kier molecular flexibility index (Phi) is 8.64. The van der Waals surface area contributed by atoms with Crippen LogP contribution >= 0.6 is 0 Å². The highest BCUT2D eigenvalue weighted by atomic mass is 19.1. The monoisotopic (exact) mass is 537 g/mol. The molecule has 3 aliphatic rings. The van der Waals surface area contributed by atoms with Crippen molar-refractivity contribution >= 4 is 17.6 Å². The molecule has 1 aromatic carbocycles. The first-order valence-electron chi connectivity index (χ1n) is 13.5. The van der Waals surface area contributed by atoms with Gasteiger partial charge in [-0.25, -0.2) is 18.7 Å². The minimum absolute atomic E-state index is 0.0560. The van der Waals surface area contributed by atoms with Crippen LogP contribution in [0.4, 0.5) is 14.6 Å². The summed E-state index contributed by atoms with van der Waals surface area (Å²) in [6.45, 7) is 3.56. The molecular formula is C28H33F2N7O2. The molecule has 11 heteroatoms. The highest BCUT2D eigenvalue weighted by molar-refractivity contribution is 6.10. The maximum absolute atomic E-state index is 14.1. The number of hydrogen-bond donors (Lipinski definition) is 1. The number of hydrogen-bond acceptors (Lipinski definition) is 9. The van der Waals surface area contributed by atoms with Gasteiger partial charge in [0.25, 0.3) is 0 Å². The number of aromatic nitrogens is 2. The van der Waals surface area contributed by atoms with E-state index in [-0.39, 0.29) is 18.1 Å². The molecule has 0 saturated carbocycles. The van der Waals surface area contributed by atoms with Crippen molar-refractivity contribution in [2.75, 3.05) is 37.7 Å². The van der Waals surface area contributed by atoms with Crippen LogP contribution in [-0.2, 0) is 17.7 Å². The Hall–Kier alpha value is -3.62. The molecule has 9 nitrogen and oxygen atoms in total. The van der Waals surface area contributed by atoms with Crippen LogP contribution in [0, 0.1) is 23.0 Å². The first-order chi connectivity index (χ1) is 19.0. The number of anilines is 1. The highest BCUT2D eigenvalue weighted by Crippen LogP contribution is 2.30. The molecule has 0 amide bonds. The average Bonchev–Trinajstić information content (AvgIpc) is 2.95. The van der Waals surface area contributed by atoms with Gasteiger partial charge in [-0.15, -0.1) is 0 Å². The third kappa shape index (κ3) is 6.52. The number of allylic oxidation sites excluding steroid dienone is 1. The van der Waals surface area contributed by atoms with E-state index < -0.39 is 11.6 Å². The largest absolute Gasteiger partial charge is 0.487 e. The van der Waals surface area contributed by atoms with E-state index in [0.29, 0.717) is 63.3 Å². The van der Waals surface area contributed by atoms with Crippen LogP contribution in [0.5, 0.6) is 5.75 Å². The van der Waals surface area contributed by atoms with Gasteiger partial charge in [-0.1, -0.05) is 0 Å². The molecule has 39 heavy (non-hydrogen) atoms. The second kappa shape index (κ2) is 12.5. The number of nitrogens with two attached hydrogens (primary N) is 1. The van der Waals surface area contributed by atoms with Gasteiger partial charge in [-0.05, 0) is 31.4 Å². The van der Waals surface area contributed by atoms with Gasteiger partial charge in [0.05, 0.1) is 24.0 Å². The Labute approximate surface area is 226 Å². The van der Waals surface area contributed by atoms with Crippen LogP contribution in [-0.4, -0.2) is 66.2 Å². The summed E-state index contributed by atoms with van der Waals surface area (Å²) in [5, 5.41) is 9.16. The summed E-state index contributed by atoms with van der Waals surface area (Å²) < 4.78 is 39.0. The van der Waals surface area contributed by atoms with E-state index in [1.54, 1.807) is 6.21 Å². The normalized spacial score (nSPS) is 21.1. The molecule has 206 valence electrons. The van der Waals surface area contributed by atoms with Crippen molar-refractivity contribution in [3.63, 3.8) is 0 Å². The van der Waals surface area contributed by atoms with E-state index in [1.165, 1.54) is 18.3 Å². The van der Waals surface area contributed by atoms with Gasteiger partial charge < -0.3 is 20.1 Å². The quantitative estimate of drug-likeness (QED) is 0.421. The van der Waals surface area contributed by atoms with Crippen LogP contribution in [0.25, 0.3) is 5.57 Å². The average molecular weight is 538 g/mol. The molecule has 2 aromatic rings. The first-order valence-corrected chi connectivity index (χ1v) is 13.5. The van der Waals surface area contributed by atoms with Gasteiger partial charge in [0, 0.05) is 76.1 Å². The van der Waals surface area contributed by atoms with Gasteiger partial charge in [-0.2, -0.15) is 5.26 Å². The number of benzene rings is 1. The second-order valence-electron chi connectivity index (χ2n) is 10.0. The van der Waals surface area contributed by atoms with Crippen LogP contribution in [0.2, 0.25) is 0 Å². The van der Waals surface area contributed by atoms with Crippen molar-refractivity contribution in [1.29, 1.82) is 5.26 Å². The third-order valence-corrected chi connectivity index (χ3v) is 7.28. The second-order valence-corrected chi connectivity index (χ2v) is 10.0. The minimum atomic E-state index is -0.704. The van der Waals surface area contributed by atoms with Crippen molar-refractivity contribution in [2.45, 2.75) is 57.4 Å². The smallest absolute Gasteiger partial charge is 0.167 e. The van der Waals surface area contributed by atoms with E-state index in [9.17, 15) is 8.78 Å². The lowest BCUT2D eigenvalue weighted by molar-refractivity contribution is 0.0227. The van der Waals surface area contributed by atoms with Crippen molar-refractivity contribution in [2.24, 2.45) is 10.7 Å². The Morgan fingerprint density at radius 3 is 2.74 bits per heavy atom. The molecule has 1 aromatic heterocycles. The molecule has 0 bridgehead atoms. The van der Waals surface area contributed by atoms with Gasteiger partial charge in [0.15, 0.2) is 17.4 Å². The zero-order valence-corrected chi connectivity index (χ0v) is 21.9. The van der Waals surface area contributed by atoms with Crippen molar-refractivity contribution in [3.8, 4) is 11.8 Å². The van der Waals surface area contributed by atoms with Crippen LogP contribution in [0.15, 0.2) is 29.4 Å². The molecular weight excluding hydrogens is 504 g/mol. The summed E-state index contributed by atoms with van der Waals surface area (Å²) in [6.07, 6.45) is 7.76. The molecule has 0 spiro atoms. The van der Waals surface area contributed by atoms with Crippen LogP contribution < -0.4 is 15.4 Å². The predicted molar refractivity (Wildman–Crippen MR) is 143 cm³/mol. The lowest BCUT2D eigenvalue weighted by Gasteiger charge is -2.35. The zero-order valence-electron chi connectivity index (χ0n) is 21.9. The maximum Gasteiger partial charge on any atom is 0.167 e. The number of rotatable bonds is 7. The van der Waals surface area contributed by atoms with E-state index in [2.05, 4.69) is 16.0 Å². The number of aliphatic imine (C=N–C) groups is 1. The van der Waals surface area contributed by atoms with Gasteiger partial charge >= 0.3 is 0 Å². The summed E-state index contributed by atoms with van der Waals surface area (Å²) in [6, 6.07) is 5.57. The fraction of sp³-hybridized carbons (Fsp3) is 0.500. The molecule has 0 radical (unpaired) electrons. The molecule has 1 atom stereocenters. The first kappa shape index (κ1) is 27.0. The molecule has 2 N–H and O–H groups in total. The van der Waals surface area contributed by atoms with Crippen LogP contribution in [0.1, 0.15) is 49.2 Å². The molecule has 2 fully saturated rings. The van der Waals surface area contributed by atoms with Crippen molar-refractivity contribution in [3.05, 3.63) is 53.1 Å². The van der Waals surface area contributed by atoms with Crippen LogP contribution in [0.3, 0.4) is 0 Å². The van der Waals surface area contributed by atoms with E-state index in [1.807, 2.05) is 4.90 Å². The number of fused-ring (bicyclic) bond motifs is 1. The molecule has 2 saturated heterocycles. The fourth-order valence-electron chi connectivity index (χ4n) is 5.15. The van der Waals surface area contributed by atoms with Crippen molar-refractivity contribution < 1.29 is 18.3 Å². The fourth-order valence-corrected chi connectivity index (χ4v) is 5.15. The maximum atomic E-state index is 14.1. The van der Waals surface area contributed by atoms with Gasteiger partial charge in [0.2, 0.25) is 0 Å². The third-order valence-electron chi connectivity index (χ3n) is 7.28. The topological polar surface area (TPSA) is 113 Å². The molecule has 4 heterocycles. The van der Waals surface area contributed by atoms with E-state index in [4.69, 9.17) is 30.4 Å².